The molecule has 2 heteroatoms. The SMILES string of the molecule is c1ccc([PH](c2ccccc2)(c2ccccc2)c2ccccc2[PH](c2ccccc2)(c2ccccc2)c2ccccc2)cc1. The van der Waals surface area contributed by atoms with Crippen LogP contribution >= 0.6 is 14.5 Å². The maximum absolute atomic E-state index is 2.82. The van der Waals surface area contributed by atoms with Crippen molar-refractivity contribution in [3.8, 4) is 0 Å². The van der Waals surface area contributed by atoms with Crippen LogP contribution in [0.3, 0.4) is 0 Å². The molecule has 0 aromatic heterocycles. The molecule has 0 atom stereocenters. The van der Waals surface area contributed by atoms with Crippen LogP contribution in [0.4, 0.5) is 0 Å². The van der Waals surface area contributed by atoms with Crippen molar-refractivity contribution in [1.82, 2.24) is 0 Å². The Morgan fingerprint density at radius 2 is 0.341 bits per heavy atom. The average Bonchev–Trinajstić information content (AvgIpc) is 3.12. The summed E-state index contributed by atoms with van der Waals surface area (Å²) in [6.07, 6.45) is 0. The van der Waals surface area contributed by atoms with Gasteiger partial charge in [-0.1, -0.05) is 0 Å². The summed E-state index contributed by atoms with van der Waals surface area (Å²) in [6.45, 7) is 0. The first-order chi connectivity index (χ1) is 21.9. The number of benzene rings is 7. The molecular weight excluding hydrogens is 566 g/mol. The van der Waals surface area contributed by atoms with E-state index in [9.17, 15) is 0 Å². The van der Waals surface area contributed by atoms with E-state index in [1.807, 2.05) is 0 Å². The fourth-order valence-corrected chi connectivity index (χ4v) is 18.0. The molecule has 0 fully saturated rings. The first-order valence-electron chi connectivity index (χ1n) is 15.3. The molecule has 0 saturated carbocycles. The Kier molecular flexibility index (Phi) is 8.04. The van der Waals surface area contributed by atoms with Crippen LogP contribution in [-0.2, 0) is 0 Å². The van der Waals surface area contributed by atoms with E-state index in [2.05, 4.69) is 206 Å². The molecule has 0 amide bonds. The molecule has 0 aliphatic carbocycles. The van der Waals surface area contributed by atoms with E-state index in [0.717, 1.165) is 0 Å². The molecule has 7 aromatic rings. The van der Waals surface area contributed by atoms with Crippen LogP contribution in [0.2, 0.25) is 0 Å². The molecule has 0 spiro atoms. The standard InChI is InChI=1S/C42H36P2/c1-7-21-35(22-8-1)43(36-23-9-2-10-24-36,37-25-11-3-12-26-37)41-33-19-20-34-42(41)44(38-27-13-4-14-28-38,39-29-15-5-16-30-39)40-31-17-6-18-32-40/h1-34,43-44H. The molecule has 0 nitrogen and oxygen atoms in total. The minimum atomic E-state index is -2.82. The minimum absolute atomic E-state index is 1.39. The van der Waals surface area contributed by atoms with Gasteiger partial charge < -0.3 is 0 Å². The normalized spacial score (nSPS) is 12.4. The summed E-state index contributed by atoms with van der Waals surface area (Å²) < 4.78 is 0. The van der Waals surface area contributed by atoms with E-state index >= 15 is 0 Å². The van der Waals surface area contributed by atoms with Gasteiger partial charge in [-0.05, 0) is 0 Å². The summed E-state index contributed by atoms with van der Waals surface area (Å²) in [5.41, 5.74) is 0. The van der Waals surface area contributed by atoms with Crippen LogP contribution in [0.15, 0.2) is 206 Å². The second-order valence-electron chi connectivity index (χ2n) is 11.2. The van der Waals surface area contributed by atoms with Gasteiger partial charge in [0.1, 0.15) is 0 Å². The molecule has 0 N–H and O–H groups in total. The fourth-order valence-electron chi connectivity index (χ4n) is 7.20. The number of hydrogen-bond acceptors (Lipinski definition) is 0. The Balaban J connectivity index is 1.71. The van der Waals surface area contributed by atoms with Crippen molar-refractivity contribution >= 4 is 57.0 Å². The molecule has 44 heavy (non-hydrogen) atoms. The zero-order chi connectivity index (χ0) is 29.7. The molecule has 0 aliphatic rings. The van der Waals surface area contributed by atoms with E-state index in [1.54, 1.807) is 0 Å². The first-order valence-corrected chi connectivity index (χ1v) is 19.3. The van der Waals surface area contributed by atoms with Gasteiger partial charge in [-0.3, -0.25) is 0 Å². The Hall–Kier alpha value is -4.60. The molecule has 0 saturated heterocycles. The first kappa shape index (κ1) is 28.2. The third kappa shape index (κ3) is 4.73. The topological polar surface area (TPSA) is 0 Å². The van der Waals surface area contributed by atoms with Crippen molar-refractivity contribution < 1.29 is 0 Å². The van der Waals surface area contributed by atoms with E-state index in [1.165, 1.54) is 42.4 Å². The van der Waals surface area contributed by atoms with E-state index in [-0.39, 0.29) is 0 Å². The van der Waals surface area contributed by atoms with Crippen molar-refractivity contribution in [1.29, 1.82) is 0 Å². The maximum atomic E-state index is 2.45. The Bertz CT molecular complexity index is 1580. The number of rotatable bonds is 8. The Morgan fingerprint density at radius 1 is 0.182 bits per heavy atom. The summed E-state index contributed by atoms with van der Waals surface area (Å²) in [6, 6.07) is 77.1. The van der Waals surface area contributed by atoms with Crippen molar-refractivity contribution in [2.75, 3.05) is 0 Å². The van der Waals surface area contributed by atoms with Gasteiger partial charge in [0, 0.05) is 0 Å². The molecule has 0 heterocycles. The van der Waals surface area contributed by atoms with E-state index in [0.29, 0.717) is 0 Å². The van der Waals surface area contributed by atoms with Crippen LogP contribution in [0, 0.1) is 0 Å². The van der Waals surface area contributed by atoms with Crippen LogP contribution in [-0.4, -0.2) is 0 Å². The van der Waals surface area contributed by atoms with Crippen LogP contribution in [0.5, 0.6) is 0 Å². The van der Waals surface area contributed by atoms with Gasteiger partial charge in [-0.25, -0.2) is 0 Å². The fraction of sp³-hybridized carbons (Fsp3) is 0. The summed E-state index contributed by atoms with van der Waals surface area (Å²) >= 11 is 0. The molecule has 7 rings (SSSR count). The van der Waals surface area contributed by atoms with Gasteiger partial charge >= 0.3 is 263 Å². The van der Waals surface area contributed by atoms with Gasteiger partial charge in [-0.15, -0.1) is 0 Å². The Morgan fingerprint density at radius 3 is 0.523 bits per heavy atom. The van der Waals surface area contributed by atoms with Crippen molar-refractivity contribution in [2.24, 2.45) is 0 Å². The molecule has 7 aromatic carbocycles. The van der Waals surface area contributed by atoms with Crippen LogP contribution < -0.4 is 42.4 Å². The molecular formula is C42H36P2. The zero-order valence-corrected chi connectivity index (χ0v) is 26.6. The molecule has 0 aliphatic heterocycles. The summed E-state index contributed by atoms with van der Waals surface area (Å²) in [5, 5.41) is 11.2. The van der Waals surface area contributed by atoms with Crippen molar-refractivity contribution in [3.63, 3.8) is 0 Å². The van der Waals surface area contributed by atoms with Gasteiger partial charge in [-0.2, -0.15) is 0 Å². The third-order valence-corrected chi connectivity index (χ3v) is 18.9. The van der Waals surface area contributed by atoms with E-state index < -0.39 is 14.5 Å². The predicted molar refractivity (Wildman–Crippen MR) is 199 cm³/mol. The third-order valence-electron chi connectivity index (χ3n) is 8.98. The van der Waals surface area contributed by atoms with Crippen LogP contribution in [0.25, 0.3) is 0 Å². The van der Waals surface area contributed by atoms with Gasteiger partial charge in [0.2, 0.25) is 0 Å². The second kappa shape index (κ2) is 12.6. The van der Waals surface area contributed by atoms with E-state index in [4.69, 9.17) is 0 Å². The van der Waals surface area contributed by atoms with Gasteiger partial charge in [0.15, 0.2) is 0 Å². The Labute approximate surface area is 262 Å². The van der Waals surface area contributed by atoms with Crippen LogP contribution in [0.1, 0.15) is 0 Å². The monoisotopic (exact) mass is 602 g/mol. The average molecular weight is 603 g/mol. The predicted octanol–water partition coefficient (Wildman–Crippen LogP) is 6.39. The summed E-state index contributed by atoms with van der Waals surface area (Å²) in [4.78, 5) is 0. The van der Waals surface area contributed by atoms with Crippen molar-refractivity contribution in [2.45, 2.75) is 0 Å². The quantitative estimate of drug-likeness (QED) is 0.177. The number of hydrogen-bond donors (Lipinski definition) is 0. The molecule has 0 unspecified atom stereocenters. The zero-order valence-electron chi connectivity index (χ0n) is 24.6. The van der Waals surface area contributed by atoms with Gasteiger partial charge in [0.25, 0.3) is 0 Å². The van der Waals surface area contributed by atoms with Gasteiger partial charge in [0.05, 0.1) is 0 Å². The molecule has 0 bridgehead atoms. The summed E-state index contributed by atoms with van der Waals surface area (Å²) in [5.74, 6) is 0. The summed E-state index contributed by atoms with van der Waals surface area (Å²) in [7, 11) is -5.64. The second-order valence-corrected chi connectivity index (χ2v) is 18.8. The van der Waals surface area contributed by atoms with Crippen molar-refractivity contribution in [3.05, 3.63) is 206 Å². The molecule has 214 valence electrons. The molecule has 0 radical (unpaired) electrons.